The molecule has 1 aliphatic carbocycles. The number of carbonyl (C=O) groups is 2. The van der Waals surface area contributed by atoms with Crippen LogP contribution in [0.2, 0.25) is 0 Å². The van der Waals surface area contributed by atoms with E-state index >= 15 is 0 Å². The quantitative estimate of drug-likeness (QED) is 0.672. The molecule has 5 nitrogen and oxygen atoms in total. The summed E-state index contributed by atoms with van der Waals surface area (Å²) < 4.78 is 2.02. The first kappa shape index (κ1) is 19.9. The van der Waals surface area contributed by atoms with Gasteiger partial charge in [0.05, 0.1) is 6.54 Å². The summed E-state index contributed by atoms with van der Waals surface area (Å²) in [5, 5.41) is 4.28. The molecule has 1 aliphatic heterocycles. The number of aryl methyl sites for hydroxylation is 2. The van der Waals surface area contributed by atoms with E-state index in [1.54, 1.807) is 4.90 Å². The molecule has 5 heteroatoms. The van der Waals surface area contributed by atoms with E-state index in [9.17, 15) is 9.59 Å². The second-order valence-electron chi connectivity index (χ2n) is 9.39. The van der Waals surface area contributed by atoms with Crippen molar-refractivity contribution in [3.05, 3.63) is 65.4 Å². The van der Waals surface area contributed by atoms with Crippen molar-refractivity contribution in [3.8, 4) is 0 Å². The Morgan fingerprint density at radius 1 is 1.03 bits per heavy atom. The van der Waals surface area contributed by atoms with Crippen molar-refractivity contribution in [2.45, 2.75) is 64.6 Å². The Labute approximate surface area is 183 Å². The maximum atomic E-state index is 13.9. The van der Waals surface area contributed by atoms with Crippen LogP contribution in [0.25, 0.3) is 10.9 Å². The zero-order valence-electron chi connectivity index (χ0n) is 18.4. The second-order valence-corrected chi connectivity index (χ2v) is 9.39. The van der Waals surface area contributed by atoms with E-state index in [4.69, 9.17) is 0 Å². The zero-order chi connectivity index (χ0) is 21.8. The fourth-order valence-electron chi connectivity index (χ4n) is 5.34. The van der Waals surface area contributed by atoms with Crippen LogP contribution in [-0.2, 0) is 11.3 Å². The molecule has 1 N–H and O–H groups in total. The van der Waals surface area contributed by atoms with Crippen LogP contribution in [0.15, 0.2) is 48.5 Å². The molecule has 2 heterocycles. The summed E-state index contributed by atoms with van der Waals surface area (Å²) in [7, 11) is 0. The van der Waals surface area contributed by atoms with Gasteiger partial charge in [-0.2, -0.15) is 0 Å². The normalized spacial score (nSPS) is 21.5. The third-order valence-electron chi connectivity index (χ3n) is 6.84. The maximum Gasteiger partial charge on any atom is 0.275 e. The van der Waals surface area contributed by atoms with Crippen molar-refractivity contribution >= 4 is 28.4 Å². The zero-order valence-corrected chi connectivity index (χ0v) is 18.4. The van der Waals surface area contributed by atoms with E-state index in [1.165, 1.54) is 0 Å². The number of hydrogen-bond donors (Lipinski definition) is 1. The molecule has 0 radical (unpaired) electrons. The highest BCUT2D eigenvalue weighted by molar-refractivity contribution is 6.14. The topological polar surface area (TPSA) is 54.3 Å². The van der Waals surface area contributed by atoms with E-state index < -0.39 is 5.54 Å². The lowest BCUT2D eigenvalue weighted by Crippen LogP contribution is -2.65. The van der Waals surface area contributed by atoms with Gasteiger partial charge in [-0.3, -0.25) is 14.5 Å². The number of benzene rings is 2. The molecule has 1 atom stereocenters. The van der Waals surface area contributed by atoms with Crippen LogP contribution in [0, 0.1) is 13.8 Å². The van der Waals surface area contributed by atoms with Crippen LogP contribution in [0.1, 0.15) is 54.2 Å². The van der Waals surface area contributed by atoms with Crippen molar-refractivity contribution in [2.24, 2.45) is 0 Å². The minimum atomic E-state index is -1.02. The summed E-state index contributed by atoms with van der Waals surface area (Å²) in [5.41, 5.74) is 3.54. The molecule has 160 valence electrons. The number of hydrogen-bond acceptors (Lipinski definition) is 2. The van der Waals surface area contributed by atoms with Gasteiger partial charge in [0.15, 0.2) is 0 Å². The van der Waals surface area contributed by atoms with Gasteiger partial charge in [0.2, 0.25) is 5.91 Å². The Morgan fingerprint density at radius 3 is 2.42 bits per heavy atom. The lowest BCUT2D eigenvalue weighted by molar-refractivity contribution is -0.127. The highest BCUT2D eigenvalue weighted by Gasteiger charge is 2.49. The third-order valence-corrected chi connectivity index (χ3v) is 6.84. The number of para-hydroxylation sites is 1. The van der Waals surface area contributed by atoms with Crippen molar-refractivity contribution in [1.29, 1.82) is 0 Å². The lowest BCUT2D eigenvalue weighted by Gasteiger charge is -2.44. The molecule has 2 amide bonds. The maximum absolute atomic E-state index is 13.9. The number of rotatable bonds is 3. The number of nitrogens with zero attached hydrogens (tertiary/aromatic N) is 2. The number of anilines is 1. The summed E-state index contributed by atoms with van der Waals surface area (Å²) in [6, 6.07) is 16.2. The van der Waals surface area contributed by atoms with Crippen molar-refractivity contribution < 1.29 is 9.59 Å². The molecule has 1 aromatic heterocycles. The molecule has 0 saturated heterocycles. The van der Waals surface area contributed by atoms with Gasteiger partial charge in [0, 0.05) is 22.6 Å². The minimum Gasteiger partial charge on any atom is -0.351 e. The summed E-state index contributed by atoms with van der Waals surface area (Å²) in [6.45, 7) is 6.38. The van der Waals surface area contributed by atoms with Crippen LogP contribution >= 0.6 is 0 Å². The van der Waals surface area contributed by atoms with E-state index in [1.807, 2.05) is 67.8 Å². The van der Waals surface area contributed by atoms with E-state index in [2.05, 4.69) is 11.4 Å². The van der Waals surface area contributed by atoms with E-state index in [0.717, 1.165) is 53.4 Å². The van der Waals surface area contributed by atoms with Crippen LogP contribution < -0.4 is 10.2 Å². The Bertz CT molecular complexity index is 1170. The summed E-state index contributed by atoms with van der Waals surface area (Å²) >= 11 is 0. The number of nitrogens with one attached hydrogen (secondary N) is 1. The van der Waals surface area contributed by atoms with Crippen molar-refractivity contribution in [3.63, 3.8) is 0 Å². The molecule has 2 aromatic carbocycles. The fraction of sp³-hybridized carbons (Fsp3) is 0.385. The molecule has 0 spiro atoms. The number of carbonyl (C=O) groups excluding carboxylic acids is 2. The van der Waals surface area contributed by atoms with Gasteiger partial charge < -0.3 is 9.88 Å². The Hall–Kier alpha value is -3.08. The molecule has 2 aliphatic rings. The van der Waals surface area contributed by atoms with E-state index in [0.29, 0.717) is 12.2 Å². The number of fused-ring (bicyclic) bond motifs is 3. The third kappa shape index (κ3) is 3.23. The Kier molecular flexibility index (Phi) is 4.65. The summed E-state index contributed by atoms with van der Waals surface area (Å²) in [4.78, 5) is 29.3. The van der Waals surface area contributed by atoms with E-state index in [-0.39, 0.29) is 17.9 Å². The van der Waals surface area contributed by atoms with Crippen molar-refractivity contribution in [2.75, 3.05) is 4.90 Å². The molecular weight excluding hydrogens is 386 g/mol. The van der Waals surface area contributed by atoms with Crippen LogP contribution in [0.5, 0.6) is 0 Å². The van der Waals surface area contributed by atoms with Gasteiger partial charge in [-0.25, -0.2) is 0 Å². The summed E-state index contributed by atoms with van der Waals surface area (Å²) in [6.07, 6.45) is 4.32. The molecule has 1 fully saturated rings. The van der Waals surface area contributed by atoms with Crippen LogP contribution in [0.3, 0.4) is 0 Å². The fourth-order valence-corrected chi connectivity index (χ4v) is 5.34. The molecule has 1 saturated carbocycles. The average molecular weight is 416 g/mol. The van der Waals surface area contributed by atoms with Gasteiger partial charge in [0.25, 0.3) is 5.91 Å². The second kappa shape index (κ2) is 7.26. The number of aromatic nitrogens is 1. The highest BCUT2D eigenvalue weighted by Crippen LogP contribution is 2.37. The average Bonchev–Trinajstić information content (AvgIpc) is 3.35. The first-order chi connectivity index (χ1) is 14.9. The van der Waals surface area contributed by atoms with Gasteiger partial charge in [-0.1, -0.05) is 37.1 Å². The van der Waals surface area contributed by atoms with Crippen molar-refractivity contribution in [1.82, 2.24) is 9.88 Å². The summed E-state index contributed by atoms with van der Waals surface area (Å²) in [5.74, 6) is -0.202. The first-order valence-electron chi connectivity index (χ1n) is 11.2. The molecule has 0 unspecified atom stereocenters. The largest absolute Gasteiger partial charge is 0.351 e. The predicted octanol–water partition coefficient (Wildman–Crippen LogP) is 4.74. The molecule has 0 bridgehead atoms. The molecule has 3 aromatic rings. The van der Waals surface area contributed by atoms with Crippen LogP contribution in [-0.4, -0.2) is 28.0 Å². The Morgan fingerprint density at radius 2 is 1.71 bits per heavy atom. The standard InChI is InChI=1S/C26H29N3O2/c1-17-12-18(2)14-21(13-17)29-24(30)23-15-19-8-4-7-11-22(19)28(23)16-26(29,3)25(31)27-20-9-5-6-10-20/h4,7-8,11-15,20H,5-6,9-10,16H2,1-3H3,(H,27,31)/t26-/m0/s1. The molecule has 31 heavy (non-hydrogen) atoms. The lowest BCUT2D eigenvalue weighted by atomic mass is 9.92. The first-order valence-corrected chi connectivity index (χ1v) is 11.2. The van der Waals surface area contributed by atoms with Gasteiger partial charge in [-0.15, -0.1) is 0 Å². The molecule has 5 rings (SSSR count). The monoisotopic (exact) mass is 415 g/mol. The van der Waals surface area contributed by atoms with Gasteiger partial charge >= 0.3 is 0 Å². The van der Waals surface area contributed by atoms with Gasteiger partial charge in [-0.05, 0) is 69.0 Å². The number of amides is 2. The molecular formula is C26H29N3O2. The Balaban J connectivity index is 1.66. The SMILES string of the molecule is Cc1cc(C)cc(N2C(=O)c3cc4ccccc4n3C[C@@]2(C)C(=O)NC2CCCC2)c1. The highest BCUT2D eigenvalue weighted by atomic mass is 16.2. The smallest absolute Gasteiger partial charge is 0.275 e. The predicted molar refractivity (Wildman–Crippen MR) is 123 cm³/mol. The van der Waals surface area contributed by atoms with Gasteiger partial charge in [0.1, 0.15) is 11.2 Å². The minimum absolute atomic E-state index is 0.0738. The van der Waals surface area contributed by atoms with Crippen LogP contribution in [0.4, 0.5) is 5.69 Å².